The number of nitrogens with one attached hydrogen (secondary N) is 1. The van der Waals surface area contributed by atoms with Crippen LogP contribution in [0.5, 0.6) is 5.75 Å². The van der Waals surface area contributed by atoms with Crippen LogP contribution in [-0.2, 0) is 21.2 Å². The summed E-state index contributed by atoms with van der Waals surface area (Å²) in [5, 5.41) is 2.98. The summed E-state index contributed by atoms with van der Waals surface area (Å²) in [5.41, 5.74) is 3.56. The molecule has 2 aromatic carbocycles. The first-order chi connectivity index (χ1) is 14.3. The summed E-state index contributed by atoms with van der Waals surface area (Å²) in [6.07, 6.45) is 3.47. The Morgan fingerprint density at radius 1 is 1.07 bits per heavy atom. The maximum atomic E-state index is 13.0. The molecule has 0 atom stereocenters. The van der Waals surface area contributed by atoms with Gasteiger partial charge in [0, 0.05) is 25.2 Å². The molecule has 1 N–H and O–H groups in total. The van der Waals surface area contributed by atoms with Crippen LogP contribution in [-0.4, -0.2) is 38.8 Å². The summed E-state index contributed by atoms with van der Waals surface area (Å²) in [5.74, 6) is 0.478. The Morgan fingerprint density at radius 2 is 1.73 bits per heavy atom. The van der Waals surface area contributed by atoms with E-state index < -0.39 is 10.0 Å². The number of benzene rings is 2. The van der Waals surface area contributed by atoms with Gasteiger partial charge in [-0.25, -0.2) is 8.42 Å². The van der Waals surface area contributed by atoms with Gasteiger partial charge >= 0.3 is 0 Å². The van der Waals surface area contributed by atoms with E-state index in [-0.39, 0.29) is 17.2 Å². The minimum absolute atomic E-state index is 0.112. The fourth-order valence-electron chi connectivity index (χ4n) is 3.83. The third-order valence-corrected chi connectivity index (χ3v) is 7.47. The van der Waals surface area contributed by atoms with Crippen molar-refractivity contribution >= 4 is 21.6 Å². The highest BCUT2D eigenvalue weighted by atomic mass is 32.2. The van der Waals surface area contributed by atoms with E-state index >= 15 is 0 Å². The van der Waals surface area contributed by atoms with Crippen molar-refractivity contribution in [2.75, 3.05) is 25.5 Å². The van der Waals surface area contributed by atoms with E-state index in [1.54, 1.807) is 29.6 Å². The molecule has 6 nitrogen and oxygen atoms in total. The SMILES string of the molecule is COc1ccc(S(=O)(=O)N2CCCCC2)cc1CCC(=O)Nc1c(C)cccc1C. The molecule has 30 heavy (non-hydrogen) atoms. The van der Waals surface area contributed by atoms with Gasteiger partial charge in [0.1, 0.15) is 5.75 Å². The molecule has 0 radical (unpaired) electrons. The number of aryl methyl sites for hydroxylation is 3. The molecule has 1 aliphatic heterocycles. The van der Waals surface area contributed by atoms with Crippen molar-refractivity contribution in [3.63, 3.8) is 0 Å². The summed E-state index contributed by atoms with van der Waals surface area (Å²) >= 11 is 0. The Morgan fingerprint density at radius 3 is 2.37 bits per heavy atom. The van der Waals surface area contributed by atoms with Crippen molar-refractivity contribution in [3.05, 3.63) is 53.1 Å². The summed E-state index contributed by atoms with van der Waals surface area (Å²) in [6, 6.07) is 10.8. The molecule has 1 saturated heterocycles. The minimum Gasteiger partial charge on any atom is -0.496 e. The van der Waals surface area contributed by atoms with Gasteiger partial charge in [-0.2, -0.15) is 4.31 Å². The van der Waals surface area contributed by atoms with Gasteiger partial charge in [0.2, 0.25) is 15.9 Å². The van der Waals surface area contributed by atoms with Gasteiger partial charge in [-0.1, -0.05) is 24.6 Å². The molecule has 1 heterocycles. The second kappa shape index (κ2) is 9.62. The Hall–Kier alpha value is -2.38. The number of para-hydroxylation sites is 1. The second-order valence-electron chi connectivity index (χ2n) is 7.75. The molecule has 7 heteroatoms. The molecule has 0 aromatic heterocycles. The molecule has 1 amide bonds. The van der Waals surface area contributed by atoms with E-state index in [2.05, 4.69) is 5.32 Å². The van der Waals surface area contributed by atoms with Gasteiger partial charge in [-0.3, -0.25) is 4.79 Å². The average Bonchev–Trinajstić information content (AvgIpc) is 2.75. The predicted octanol–water partition coefficient (Wildman–Crippen LogP) is 4.06. The van der Waals surface area contributed by atoms with Crippen LogP contribution >= 0.6 is 0 Å². The minimum atomic E-state index is -3.53. The summed E-state index contributed by atoms with van der Waals surface area (Å²) < 4.78 is 33.0. The normalized spacial score (nSPS) is 15.0. The highest BCUT2D eigenvalue weighted by Crippen LogP contribution is 2.27. The molecule has 1 fully saturated rings. The van der Waals surface area contributed by atoms with Gasteiger partial charge in [-0.05, 0) is 68.0 Å². The third kappa shape index (κ3) is 5.02. The Balaban J connectivity index is 1.75. The van der Waals surface area contributed by atoms with Crippen LogP contribution in [0.15, 0.2) is 41.3 Å². The maximum absolute atomic E-state index is 13.0. The first kappa shape index (κ1) is 22.3. The van der Waals surface area contributed by atoms with E-state index in [9.17, 15) is 13.2 Å². The summed E-state index contributed by atoms with van der Waals surface area (Å²) in [6.45, 7) is 5.03. The molecule has 0 saturated carbocycles. The summed E-state index contributed by atoms with van der Waals surface area (Å²) in [4.78, 5) is 12.8. The van der Waals surface area contributed by atoms with Crippen LogP contribution in [0.3, 0.4) is 0 Å². The fraction of sp³-hybridized carbons (Fsp3) is 0.435. The Kier molecular flexibility index (Phi) is 7.15. The van der Waals surface area contributed by atoms with Gasteiger partial charge in [0.05, 0.1) is 12.0 Å². The second-order valence-corrected chi connectivity index (χ2v) is 9.69. The molecule has 3 rings (SSSR count). The van der Waals surface area contributed by atoms with Crippen molar-refractivity contribution in [2.45, 2.75) is 50.8 Å². The number of rotatable bonds is 7. The van der Waals surface area contributed by atoms with E-state index in [1.807, 2.05) is 32.0 Å². The van der Waals surface area contributed by atoms with Gasteiger partial charge in [-0.15, -0.1) is 0 Å². The highest BCUT2D eigenvalue weighted by Gasteiger charge is 2.26. The molecule has 0 aliphatic carbocycles. The van der Waals surface area contributed by atoms with Crippen molar-refractivity contribution < 1.29 is 17.9 Å². The molecule has 0 spiro atoms. The number of sulfonamides is 1. The van der Waals surface area contributed by atoms with Crippen LogP contribution in [0.4, 0.5) is 5.69 Å². The summed E-state index contributed by atoms with van der Waals surface area (Å²) in [7, 11) is -1.98. The standard InChI is InChI=1S/C23H30N2O4S/c1-17-8-7-9-18(2)23(17)24-22(26)13-10-19-16-20(11-12-21(19)29-3)30(27,28)25-14-5-4-6-15-25/h7-9,11-12,16H,4-6,10,13-15H2,1-3H3,(H,24,26). The van der Waals surface area contributed by atoms with Crippen molar-refractivity contribution in [3.8, 4) is 5.75 Å². The number of hydrogen-bond donors (Lipinski definition) is 1. The molecule has 1 aliphatic rings. The zero-order valence-corrected chi connectivity index (χ0v) is 18.7. The molecular formula is C23H30N2O4S. The predicted molar refractivity (Wildman–Crippen MR) is 118 cm³/mol. The number of nitrogens with zero attached hydrogens (tertiary/aromatic N) is 1. The quantitative estimate of drug-likeness (QED) is 0.719. The van der Waals surface area contributed by atoms with Crippen LogP contribution in [0, 0.1) is 13.8 Å². The number of carbonyl (C=O) groups is 1. The molecule has 0 unspecified atom stereocenters. The zero-order valence-electron chi connectivity index (χ0n) is 17.9. The number of methoxy groups -OCH3 is 1. The Bertz CT molecular complexity index is 992. The third-order valence-electron chi connectivity index (χ3n) is 5.57. The van der Waals surface area contributed by atoms with E-state index in [0.717, 1.165) is 36.1 Å². The topological polar surface area (TPSA) is 75.7 Å². The average molecular weight is 431 g/mol. The zero-order chi connectivity index (χ0) is 21.7. The Labute approximate surface area is 179 Å². The monoisotopic (exact) mass is 430 g/mol. The van der Waals surface area contributed by atoms with Gasteiger partial charge in [0.15, 0.2) is 0 Å². The van der Waals surface area contributed by atoms with Crippen LogP contribution in [0.1, 0.15) is 42.4 Å². The number of carbonyl (C=O) groups excluding carboxylic acids is 1. The van der Waals surface area contributed by atoms with Gasteiger partial charge in [0.25, 0.3) is 0 Å². The molecule has 0 bridgehead atoms. The lowest BCUT2D eigenvalue weighted by Crippen LogP contribution is -2.35. The maximum Gasteiger partial charge on any atom is 0.243 e. The first-order valence-corrected chi connectivity index (χ1v) is 11.8. The number of anilines is 1. The number of ether oxygens (including phenoxy) is 1. The van der Waals surface area contributed by atoms with Crippen LogP contribution in [0.2, 0.25) is 0 Å². The van der Waals surface area contributed by atoms with Crippen molar-refractivity contribution in [1.82, 2.24) is 4.31 Å². The van der Waals surface area contributed by atoms with Gasteiger partial charge < -0.3 is 10.1 Å². The van der Waals surface area contributed by atoms with Crippen molar-refractivity contribution in [1.29, 1.82) is 0 Å². The molecular weight excluding hydrogens is 400 g/mol. The lowest BCUT2D eigenvalue weighted by atomic mass is 10.1. The highest BCUT2D eigenvalue weighted by molar-refractivity contribution is 7.89. The fourth-order valence-corrected chi connectivity index (χ4v) is 5.40. The smallest absolute Gasteiger partial charge is 0.243 e. The van der Waals surface area contributed by atoms with Crippen LogP contribution in [0.25, 0.3) is 0 Å². The van der Waals surface area contributed by atoms with E-state index in [1.165, 1.54) is 0 Å². The lowest BCUT2D eigenvalue weighted by Gasteiger charge is -2.26. The largest absolute Gasteiger partial charge is 0.496 e. The van der Waals surface area contributed by atoms with E-state index in [0.29, 0.717) is 30.8 Å². The van der Waals surface area contributed by atoms with Crippen LogP contribution < -0.4 is 10.1 Å². The molecule has 162 valence electrons. The van der Waals surface area contributed by atoms with Crippen molar-refractivity contribution in [2.24, 2.45) is 0 Å². The number of amides is 1. The number of piperidine rings is 1. The van der Waals surface area contributed by atoms with E-state index in [4.69, 9.17) is 4.74 Å². The lowest BCUT2D eigenvalue weighted by molar-refractivity contribution is -0.116. The first-order valence-electron chi connectivity index (χ1n) is 10.4. The molecule has 2 aromatic rings. The number of hydrogen-bond acceptors (Lipinski definition) is 4.